The number of para-hydroxylation sites is 8. The number of ether oxygens (including phenoxy) is 2. The lowest BCUT2D eigenvalue weighted by atomic mass is 9.61. The summed E-state index contributed by atoms with van der Waals surface area (Å²) in [5, 5.41) is 11.0. The Morgan fingerprint density at radius 2 is 0.706 bits per heavy atom. The van der Waals surface area contributed by atoms with Gasteiger partial charge in [-0.3, -0.25) is 4.90 Å². The van der Waals surface area contributed by atoms with Crippen molar-refractivity contribution in [1.82, 2.24) is 4.98 Å². The van der Waals surface area contributed by atoms with E-state index in [2.05, 4.69) is 210 Å². The summed E-state index contributed by atoms with van der Waals surface area (Å²) in [6.45, 7) is 0. The van der Waals surface area contributed by atoms with Crippen molar-refractivity contribution in [3.63, 3.8) is 0 Å². The predicted octanol–water partition coefficient (Wildman–Crippen LogP) is 15.2. The molecule has 68 heavy (non-hydrogen) atoms. The van der Waals surface area contributed by atoms with Crippen molar-refractivity contribution in [3.8, 4) is 40.2 Å². The Morgan fingerprint density at radius 3 is 1.09 bits per heavy atom. The predicted molar refractivity (Wildman–Crippen MR) is 268 cm³/mol. The van der Waals surface area contributed by atoms with Gasteiger partial charge < -0.3 is 14.4 Å². The molecule has 5 heterocycles. The number of anilines is 6. The average Bonchev–Trinajstić information content (AvgIpc) is 3.41. The van der Waals surface area contributed by atoms with Gasteiger partial charge in [-0.2, -0.15) is 5.26 Å². The molecule has 0 saturated carbocycles. The van der Waals surface area contributed by atoms with Gasteiger partial charge >= 0.3 is 0 Å². The highest BCUT2D eigenvalue weighted by atomic mass is 16.5. The summed E-state index contributed by atoms with van der Waals surface area (Å²) >= 11 is 0. The van der Waals surface area contributed by atoms with E-state index in [1.165, 1.54) is 0 Å². The van der Waals surface area contributed by atoms with Crippen molar-refractivity contribution >= 4 is 34.3 Å². The van der Waals surface area contributed by atoms with Crippen LogP contribution in [0, 0.1) is 11.3 Å². The van der Waals surface area contributed by atoms with Crippen LogP contribution in [0.4, 0.5) is 34.3 Å². The van der Waals surface area contributed by atoms with E-state index in [0.717, 1.165) is 113 Å². The minimum absolute atomic E-state index is 0.557. The third-order valence-electron chi connectivity index (χ3n) is 14.5. The minimum Gasteiger partial charge on any atom is -0.457 e. The van der Waals surface area contributed by atoms with E-state index < -0.39 is 10.8 Å². The summed E-state index contributed by atoms with van der Waals surface area (Å²) in [5.41, 5.74) is 14.9. The van der Waals surface area contributed by atoms with Gasteiger partial charge in [0, 0.05) is 34.0 Å². The molecule has 2 spiro atoms. The van der Waals surface area contributed by atoms with Crippen LogP contribution in [0.2, 0.25) is 0 Å². The number of hydrogen-bond acceptors (Lipinski definition) is 6. The number of nitriles is 1. The Bertz CT molecular complexity index is 3570. The Kier molecular flexibility index (Phi) is 8.08. The Balaban J connectivity index is 0.879. The number of fused-ring (bicyclic) bond motifs is 16. The zero-order valence-corrected chi connectivity index (χ0v) is 36.5. The fourth-order valence-corrected chi connectivity index (χ4v) is 11.8. The normalized spacial score (nSPS) is 14.6. The van der Waals surface area contributed by atoms with E-state index in [-0.39, 0.29) is 0 Å². The largest absolute Gasteiger partial charge is 0.457 e. The first-order valence-corrected chi connectivity index (χ1v) is 22.9. The van der Waals surface area contributed by atoms with Gasteiger partial charge in [-0.25, -0.2) is 4.98 Å². The standard InChI is InChI=1S/C62H38N4O2/c63-38-42-37-40(33-35-51(42)65-52-25-9-1-17-43(52)61(44-18-2-10-26-53(44)65)47-21-5-13-29-56(47)67-57-30-14-6-22-48(57)61)41-34-36-60(64-39-41)66-54-27-11-3-19-45(54)62(46-20-4-12-28-55(46)66)49-23-7-15-31-58(49)68-59-32-16-8-24-50(59)62/h1-37,39H. The molecule has 6 nitrogen and oxygen atoms in total. The highest BCUT2D eigenvalue weighted by Gasteiger charge is 2.53. The van der Waals surface area contributed by atoms with Crippen LogP contribution >= 0.6 is 0 Å². The van der Waals surface area contributed by atoms with Crippen LogP contribution < -0.4 is 19.3 Å². The van der Waals surface area contributed by atoms with Crippen molar-refractivity contribution in [2.24, 2.45) is 0 Å². The lowest BCUT2D eigenvalue weighted by Gasteiger charge is -2.48. The van der Waals surface area contributed by atoms with Crippen LogP contribution in [0.3, 0.4) is 0 Å². The minimum atomic E-state index is -0.662. The van der Waals surface area contributed by atoms with Crippen LogP contribution in [0.1, 0.15) is 50.1 Å². The molecule has 318 valence electrons. The molecule has 0 aliphatic carbocycles. The highest BCUT2D eigenvalue weighted by Crippen LogP contribution is 2.64. The van der Waals surface area contributed by atoms with Gasteiger partial charge in [0.15, 0.2) is 0 Å². The number of pyridine rings is 1. The molecule has 9 aromatic carbocycles. The summed E-state index contributed by atoms with van der Waals surface area (Å²) in [6, 6.07) is 81.1. The molecule has 4 aliphatic heterocycles. The van der Waals surface area contributed by atoms with Crippen LogP contribution in [0.25, 0.3) is 11.1 Å². The molecule has 0 radical (unpaired) electrons. The van der Waals surface area contributed by atoms with Gasteiger partial charge in [0.05, 0.1) is 44.8 Å². The molecule has 14 rings (SSSR count). The van der Waals surface area contributed by atoms with Gasteiger partial charge in [0.2, 0.25) is 0 Å². The molecule has 0 N–H and O–H groups in total. The lowest BCUT2D eigenvalue weighted by Crippen LogP contribution is -2.39. The fourth-order valence-electron chi connectivity index (χ4n) is 11.8. The first-order valence-electron chi connectivity index (χ1n) is 22.9. The van der Waals surface area contributed by atoms with E-state index in [1.807, 2.05) is 36.5 Å². The molecule has 0 atom stereocenters. The van der Waals surface area contributed by atoms with E-state index >= 15 is 0 Å². The zero-order chi connectivity index (χ0) is 45.0. The fraction of sp³-hybridized carbons (Fsp3) is 0.0323. The highest BCUT2D eigenvalue weighted by molar-refractivity contribution is 5.94. The quantitative estimate of drug-likeness (QED) is 0.176. The molecule has 0 saturated heterocycles. The van der Waals surface area contributed by atoms with E-state index in [0.29, 0.717) is 5.56 Å². The molecule has 0 fully saturated rings. The van der Waals surface area contributed by atoms with E-state index in [9.17, 15) is 5.26 Å². The average molecular weight is 871 g/mol. The molecular weight excluding hydrogens is 833 g/mol. The molecular formula is C62H38N4O2. The summed E-state index contributed by atoms with van der Waals surface area (Å²) in [7, 11) is 0. The smallest absolute Gasteiger partial charge is 0.137 e. The maximum absolute atomic E-state index is 11.0. The third kappa shape index (κ3) is 5.02. The van der Waals surface area contributed by atoms with Crippen molar-refractivity contribution < 1.29 is 9.47 Å². The van der Waals surface area contributed by atoms with Crippen molar-refractivity contribution in [2.75, 3.05) is 9.80 Å². The number of nitrogens with zero attached hydrogens (tertiary/aromatic N) is 4. The molecule has 6 heteroatoms. The zero-order valence-electron chi connectivity index (χ0n) is 36.5. The maximum atomic E-state index is 11.0. The second-order valence-electron chi connectivity index (χ2n) is 17.7. The second-order valence-corrected chi connectivity index (χ2v) is 17.7. The molecule has 4 aliphatic rings. The van der Waals surface area contributed by atoms with Gasteiger partial charge in [0.25, 0.3) is 0 Å². The molecule has 10 aromatic rings. The first kappa shape index (κ1) is 38.1. The Morgan fingerprint density at radius 1 is 0.353 bits per heavy atom. The lowest BCUT2D eigenvalue weighted by molar-refractivity contribution is 0.433. The molecule has 1 aromatic heterocycles. The Labute approximate surface area is 393 Å². The van der Waals surface area contributed by atoms with Gasteiger partial charge in [0.1, 0.15) is 34.9 Å². The van der Waals surface area contributed by atoms with Crippen molar-refractivity contribution in [3.05, 3.63) is 281 Å². The second kappa shape index (κ2) is 14.4. The van der Waals surface area contributed by atoms with Crippen LogP contribution in [0.5, 0.6) is 23.0 Å². The summed E-state index contributed by atoms with van der Waals surface area (Å²) < 4.78 is 13.2. The van der Waals surface area contributed by atoms with Crippen molar-refractivity contribution in [2.45, 2.75) is 10.8 Å². The number of aromatic nitrogens is 1. The summed E-state index contributed by atoms with van der Waals surface area (Å²) in [6.07, 6.45) is 1.93. The van der Waals surface area contributed by atoms with E-state index in [1.54, 1.807) is 0 Å². The van der Waals surface area contributed by atoms with Crippen molar-refractivity contribution in [1.29, 1.82) is 5.26 Å². The maximum Gasteiger partial charge on any atom is 0.137 e. The van der Waals surface area contributed by atoms with Crippen LogP contribution in [-0.4, -0.2) is 4.98 Å². The van der Waals surface area contributed by atoms with Gasteiger partial charge in [-0.15, -0.1) is 0 Å². The molecule has 0 bridgehead atoms. The number of rotatable bonds is 3. The summed E-state index contributed by atoms with van der Waals surface area (Å²) in [4.78, 5) is 9.74. The number of hydrogen-bond donors (Lipinski definition) is 0. The SMILES string of the molecule is N#Cc1cc(-c2ccc(N3c4ccccc4C4(c5ccccc5Oc5ccccc54)c4ccccc43)nc2)ccc1N1c2ccccc2C2(c3ccccc3Oc3ccccc32)c2ccccc21. The Hall–Kier alpha value is -9.18. The van der Waals surface area contributed by atoms with Gasteiger partial charge in [-0.05, 0) is 101 Å². The summed E-state index contributed by atoms with van der Waals surface area (Å²) in [5.74, 6) is 4.16. The topological polar surface area (TPSA) is 61.6 Å². The van der Waals surface area contributed by atoms with E-state index in [4.69, 9.17) is 14.5 Å². The third-order valence-corrected chi connectivity index (χ3v) is 14.5. The molecule has 0 unspecified atom stereocenters. The van der Waals surface area contributed by atoms with Gasteiger partial charge in [-0.1, -0.05) is 152 Å². The first-order chi connectivity index (χ1) is 33.7. The van der Waals surface area contributed by atoms with Crippen LogP contribution in [-0.2, 0) is 10.8 Å². The molecule has 0 amide bonds. The van der Waals surface area contributed by atoms with Crippen LogP contribution in [0.15, 0.2) is 231 Å². The monoisotopic (exact) mass is 870 g/mol. The number of benzene rings is 9.